The Bertz CT molecular complexity index is 707. The highest BCUT2D eigenvalue weighted by Crippen LogP contribution is 2.17. The van der Waals surface area contributed by atoms with Crippen LogP contribution in [0.25, 0.3) is 0 Å². The van der Waals surface area contributed by atoms with E-state index in [0.717, 1.165) is 50.6 Å². The molecule has 0 atom stereocenters. The van der Waals surface area contributed by atoms with E-state index in [0.29, 0.717) is 18.7 Å². The van der Waals surface area contributed by atoms with Crippen LogP contribution in [0.1, 0.15) is 29.3 Å². The van der Waals surface area contributed by atoms with E-state index >= 15 is 0 Å². The molecular weight excluding hydrogens is 340 g/mol. The molecule has 2 aromatic rings. The number of nitrogens with zero attached hydrogens (tertiary/aromatic N) is 1. The van der Waals surface area contributed by atoms with Crippen molar-refractivity contribution in [3.63, 3.8) is 0 Å². The summed E-state index contributed by atoms with van der Waals surface area (Å²) < 4.78 is 11.1. The molecule has 0 radical (unpaired) electrons. The first-order chi connectivity index (χ1) is 13.3. The van der Waals surface area contributed by atoms with Gasteiger partial charge in [-0.25, -0.2) is 0 Å². The van der Waals surface area contributed by atoms with Gasteiger partial charge in [-0.3, -0.25) is 4.79 Å². The summed E-state index contributed by atoms with van der Waals surface area (Å²) in [6, 6.07) is 15.9. The smallest absolute Gasteiger partial charge is 0.251 e. The summed E-state index contributed by atoms with van der Waals surface area (Å²) in [7, 11) is 0. The van der Waals surface area contributed by atoms with Crippen LogP contribution < -0.4 is 15.0 Å². The molecular formula is C22H28N2O3. The zero-order chi connectivity index (χ0) is 18.9. The first kappa shape index (κ1) is 19.2. The van der Waals surface area contributed by atoms with Gasteiger partial charge in [-0.15, -0.1) is 0 Å². The van der Waals surface area contributed by atoms with E-state index in [4.69, 9.17) is 9.47 Å². The van der Waals surface area contributed by atoms with Gasteiger partial charge in [0.05, 0.1) is 19.8 Å². The molecule has 1 N–H and O–H groups in total. The van der Waals surface area contributed by atoms with Crippen LogP contribution in [0.4, 0.5) is 5.69 Å². The zero-order valence-corrected chi connectivity index (χ0v) is 15.9. The van der Waals surface area contributed by atoms with Crippen molar-refractivity contribution < 1.29 is 14.3 Å². The van der Waals surface area contributed by atoms with Gasteiger partial charge in [0, 0.05) is 24.3 Å². The largest absolute Gasteiger partial charge is 0.492 e. The number of rotatable bonds is 8. The number of benzene rings is 2. The Morgan fingerprint density at radius 2 is 1.78 bits per heavy atom. The molecule has 27 heavy (non-hydrogen) atoms. The lowest BCUT2D eigenvalue weighted by Crippen LogP contribution is -2.36. The molecule has 3 rings (SSSR count). The molecule has 1 aliphatic rings. The van der Waals surface area contributed by atoms with Gasteiger partial charge >= 0.3 is 0 Å². The Morgan fingerprint density at radius 3 is 2.44 bits per heavy atom. The van der Waals surface area contributed by atoms with Crippen molar-refractivity contribution in [3.05, 3.63) is 59.7 Å². The van der Waals surface area contributed by atoms with Crippen LogP contribution in [0.5, 0.6) is 5.75 Å². The molecule has 5 heteroatoms. The third-order valence-corrected chi connectivity index (χ3v) is 4.62. The van der Waals surface area contributed by atoms with E-state index in [2.05, 4.69) is 29.3 Å². The summed E-state index contributed by atoms with van der Waals surface area (Å²) in [4.78, 5) is 14.5. The van der Waals surface area contributed by atoms with Crippen molar-refractivity contribution in [3.8, 4) is 5.75 Å². The minimum absolute atomic E-state index is 0.0783. The number of carbonyl (C=O) groups excluding carboxylic acids is 1. The number of carbonyl (C=O) groups is 1. The Morgan fingerprint density at radius 1 is 1.07 bits per heavy atom. The van der Waals surface area contributed by atoms with E-state index in [9.17, 15) is 4.79 Å². The second-order valence-electron chi connectivity index (χ2n) is 6.64. The molecule has 0 spiro atoms. The van der Waals surface area contributed by atoms with Crippen LogP contribution >= 0.6 is 0 Å². The van der Waals surface area contributed by atoms with Crippen LogP contribution in [-0.4, -0.2) is 45.4 Å². The predicted molar refractivity (Wildman–Crippen MR) is 108 cm³/mol. The average molecular weight is 368 g/mol. The molecule has 1 saturated heterocycles. The van der Waals surface area contributed by atoms with Crippen LogP contribution in [0.2, 0.25) is 0 Å². The number of ether oxygens (including phenoxy) is 2. The van der Waals surface area contributed by atoms with E-state index in [-0.39, 0.29) is 5.91 Å². The number of nitrogens with one attached hydrogen (secondary N) is 1. The Hall–Kier alpha value is -2.53. The first-order valence-electron chi connectivity index (χ1n) is 9.69. The highest BCUT2D eigenvalue weighted by molar-refractivity contribution is 5.94. The van der Waals surface area contributed by atoms with Gasteiger partial charge in [-0.2, -0.15) is 0 Å². The van der Waals surface area contributed by atoms with E-state index in [1.54, 1.807) is 0 Å². The highest BCUT2D eigenvalue weighted by atomic mass is 16.5. The summed E-state index contributed by atoms with van der Waals surface area (Å²) >= 11 is 0. The molecule has 0 bridgehead atoms. The molecule has 1 aliphatic heterocycles. The molecule has 5 nitrogen and oxygen atoms in total. The lowest BCUT2D eigenvalue weighted by atomic mass is 10.1. The zero-order valence-electron chi connectivity index (χ0n) is 15.9. The third-order valence-electron chi connectivity index (χ3n) is 4.62. The van der Waals surface area contributed by atoms with E-state index in [1.165, 1.54) is 5.56 Å². The third kappa shape index (κ3) is 5.73. The maximum Gasteiger partial charge on any atom is 0.251 e. The van der Waals surface area contributed by atoms with Gasteiger partial charge in [0.2, 0.25) is 0 Å². The van der Waals surface area contributed by atoms with Crippen LogP contribution in [0.15, 0.2) is 48.5 Å². The number of morpholine rings is 1. The van der Waals surface area contributed by atoms with Crippen molar-refractivity contribution in [2.75, 3.05) is 44.4 Å². The van der Waals surface area contributed by atoms with Crippen molar-refractivity contribution in [2.45, 2.75) is 19.8 Å². The number of anilines is 1. The number of amides is 1. The van der Waals surface area contributed by atoms with Gasteiger partial charge < -0.3 is 19.7 Å². The fourth-order valence-electron chi connectivity index (χ4n) is 3.12. The molecule has 0 unspecified atom stereocenters. The first-order valence-corrected chi connectivity index (χ1v) is 9.69. The van der Waals surface area contributed by atoms with Gasteiger partial charge in [0.15, 0.2) is 0 Å². The van der Waals surface area contributed by atoms with Crippen molar-refractivity contribution in [1.82, 2.24) is 5.32 Å². The van der Waals surface area contributed by atoms with E-state index < -0.39 is 0 Å². The molecule has 1 fully saturated rings. The van der Waals surface area contributed by atoms with E-state index in [1.807, 2.05) is 36.4 Å². The second kappa shape index (κ2) is 9.97. The molecule has 1 amide bonds. The van der Waals surface area contributed by atoms with Crippen LogP contribution in [0, 0.1) is 0 Å². The maximum absolute atomic E-state index is 12.3. The Labute approximate surface area is 161 Å². The SMILES string of the molecule is CCCc1ccc(OCCNC(=O)c2ccc(N3CCOCC3)cc2)cc1. The number of hydrogen-bond acceptors (Lipinski definition) is 4. The minimum atomic E-state index is -0.0783. The monoisotopic (exact) mass is 368 g/mol. The van der Waals surface area contributed by atoms with Crippen LogP contribution in [0.3, 0.4) is 0 Å². The van der Waals surface area contributed by atoms with Gasteiger partial charge in [-0.1, -0.05) is 25.5 Å². The average Bonchev–Trinajstić information content (AvgIpc) is 2.73. The summed E-state index contributed by atoms with van der Waals surface area (Å²) in [5.74, 6) is 0.754. The Kier molecular flexibility index (Phi) is 7.11. The van der Waals surface area contributed by atoms with Crippen LogP contribution in [-0.2, 0) is 11.2 Å². The standard InChI is InChI=1S/C22H28N2O3/c1-2-3-18-4-10-21(11-5-18)27-15-12-23-22(25)19-6-8-20(9-7-19)24-13-16-26-17-14-24/h4-11H,2-3,12-17H2,1H3,(H,23,25). The molecule has 0 aliphatic carbocycles. The lowest BCUT2D eigenvalue weighted by Gasteiger charge is -2.28. The highest BCUT2D eigenvalue weighted by Gasteiger charge is 2.12. The predicted octanol–water partition coefficient (Wildman–Crippen LogP) is 3.28. The minimum Gasteiger partial charge on any atom is -0.492 e. The van der Waals surface area contributed by atoms with Gasteiger partial charge in [0.25, 0.3) is 5.91 Å². The summed E-state index contributed by atoms with van der Waals surface area (Å²) in [5.41, 5.74) is 3.11. The number of hydrogen-bond donors (Lipinski definition) is 1. The van der Waals surface area contributed by atoms with Gasteiger partial charge in [0.1, 0.15) is 12.4 Å². The topological polar surface area (TPSA) is 50.8 Å². The molecule has 1 heterocycles. The molecule has 0 saturated carbocycles. The van der Waals surface area contributed by atoms with Crippen molar-refractivity contribution in [1.29, 1.82) is 0 Å². The Balaban J connectivity index is 1.41. The van der Waals surface area contributed by atoms with Crippen molar-refractivity contribution in [2.24, 2.45) is 0 Å². The van der Waals surface area contributed by atoms with Crippen molar-refractivity contribution >= 4 is 11.6 Å². The van der Waals surface area contributed by atoms with Gasteiger partial charge in [-0.05, 0) is 48.4 Å². The summed E-state index contributed by atoms with van der Waals surface area (Å²) in [5, 5.41) is 2.90. The molecule has 2 aromatic carbocycles. The molecule has 0 aromatic heterocycles. The quantitative estimate of drug-likeness (QED) is 0.727. The fourth-order valence-corrected chi connectivity index (χ4v) is 3.12. The lowest BCUT2D eigenvalue weighted by molar-refractivity contribution is 0.0947. The fraction of sp³-hybridized carbons (Fsp3) is 0.409. The second-order valence-corrected chi connectivity index (χ2v) is 6.64. The number of aryl methyl sites for hydroxylation is 1. The summed E-state index contributed by atoms with van der Waals surface area (Å²) in [6.07, 6.45) is 2.22. The normalized spacial score (nSPS) is 14.0. The maximum atomic E-state index is 12.3. The molecule has 144 valence electrons. The summed E-state index contributed by atoms with van der Waals surface area (Å²) in [6.45, 7) is 6.38.